The highest BCUT2D eigenvalue weighted by atomic mass is 19.1. The summed E-state index contributed by atoms with van der Waals surface area (Å²) in [4.78, 5) is 19.1. The van der Waals surface area contributed by atoms with Gasteiger partial charge in [-0.15, -0.1) is 0 Å². The number of nitrogens with zero attached hydrogens (tertiary/aromatic N) is 3. The van der Waals surface area contributed by atoms with Crippen LogP contribution in [0.3, 0.4) is 0 Å². The molecule has 1 aromatic rings. The Hall–Kier alpha value is -1.62. The number of benzene rings is 1. The highest BCUT2D eigenvalue weighted by Crippen LogP contribution is 2.21. The van der Waals surface area contributed by atoms with Crippen LogP contribution in [-0.2, 0) is 4.79 Å². The van der Waals surface area contributed by atoms with Crippen molar-refractivity contribution in [2.75, 3.05) is 44.7 Å². The summed E-state index contributed by atoms with van der Waals surface area (Å²) < 4.78 is 13.0. The first-order chi connectivity index (χ1) is 11.6. The van der Waals surface area contributed by atoms with Gasteiger partial charge in [0.25, 0.3) is 0 Å². The van der Waals surface area contributed by atoms with Crippen LogP contribution in [0.5, 0.6) is 0 Å². The van der Waals surface area contributed by atoms with Gasteiger partial charge in [-0.3, -0.25) is 4.79 Å². The van der Waals surface area contributed by atoms with Gasteiger partial charge in [0, 0.05) is 44.3 Å². The summed E-state index contributed by atoms with van der Waals surface area (Å²) in [5.74, 6) is 0.0768. The molecule has 2 saturated heterocycles. The molecule has 2 aliphatic rings. The molecule has 2 fully saturated rings. The van der Waals surface area contributed by atoms with Gasteiger partial charge >= 0.3 is 0 Å². The van der Waals surface area contributed by atoms with E-state index in [0.29, 0.717) is 12.5 Å². The maximum atomic E-state index is 13.0. The number of piperazine rings is 1. The Labute approximate surface area is 144 Å². The average Bonchev–Trinajstić information content (AvgIpc) is 2.62. The zero-order valence-corrected chi connectivity index (χ0v) is 14.6. The van der Waals surface area contributed by atoms with Crippen molar-refractivity contribution in [3.8, 4) is 0 Å². The van der Waals surface area contributed by atoms with E-state index in [1.807, 2.05) is 17.0 Å². The number of hydrogen-bond acceptors (Lipinski definition) is 3. The number of carbonyl (C=O) groups excluding carboxylic acids is 1. The number of piperidine rings is 1. The molecule has 132 valence electrons. The van der Waals surface area contributed by atoms with Crippen molar-refractivity contribution in [2.24, 2.45) is 0 Å². The minimum absolute atomic E-state index is 0.208. The Morgan fingerprint density at radius 2 is 1.79 bits per heavy atom. The quantitative estimate of drug-likeness (QED) is 0.848. The molecule has 1 unspecified atom stereocenters. The van der Waals surface area contributed by atoms with E-state index >= 15 is 0 Å². The monoisotopic (exact) mass is 333 g/mol. The highest BCUT2D eigenvalue weighted by Gasteiger charge is 2.24. The Kier molecular flexibility index (Phi) is 5.72. The molecule has 0 spiro atoms. The molecule has 5 heteroatoms. The number of amides is 1. The zero-order chi connectivity index (χ0) is 16.9. The Bertz CT molecular complexity index is 540. The Balaban J connectivity index is 1.44. The minimum Gasteiger partial charge on any atom is -0.368 e. The highest BCUT2D eigenvalue weighted by molar-refractivity contribution is 5.76. The third-order valence-electron chi connectivity index (χ3n) is 5.44. The van der Waals surface area contributed by atoms with Crippen LogP contribution in [-0.4, -0.2) is 61.5 Å². The van der Waals surface area contributed by atoms with Gasteiger partial charge in [0.2, 0.25) is 5.91 Å². The first-order valence-corrected chi connectivity index (χ1v) is 9.12. The summed E-state index contributed by atoms with van der Waals surface area (Å²) in [6.07, 6.45) is 5.44. The third kappa shape index (κ3) is 4.26. The van der Waals surface area contributed by atoms with E-state index in [9.17, 15) is 9.18 Å². The molecule has 4 nitrogen and oxygen atoms in total. The van der Waals surface area contributed by atoms with Gasteiger partial charge in [-0.25, -0.2) is 4.39 Å². The van der Waals surface area contributed by atoms with Crippen molar-refractivity contribution in [3.63, 3.8) is 0 Å². The largest absolute Gasteiger partial charge is 0.368 e. The lowest BCUT2D eigenvalue weighted by molar-refractivity contribution is -0.131. The predicted octanol–water partition coefficient (Wildman–Crippen LogP) is 2.74. The number of hydrogen-bond donors (Lipinski definition) is 0. The van der Waals surface area contributed by atoms with Gasteiger partial charge in [-0.05, 0) is 57.1 Å². The van der Waals surface area contributed by atoms with Gasteiger partial charge in [-0.1, -0.05) is 6.42 Å². The van der Waals surface area contributed by atoms with Crippen LogP contribution in [0.4, 0.5) is 10.1 Å². The molecule has 24 heavy (non-hydrogen) atoms. The molecule has 0 aromatic heterocycles. The lowest BCUT2D eigenvalue weighted by Crippen LogP contribution is -2.49. The summed E-state index contributed by atoms with van der Waals surface area (Å²) in [6.45, 7) is 4.32. The van der Waals surface area contributed by atoms with Gasteiger partial charge in [-0.2, -0.15) is 0 Å². The molecule has 1 atom stereocenters. The molecule has 2 heterocycles. The Morgan fingerprint density at radius 3 is 2.46 bits per heavy atom. The van der Waals surface area contributed by atoms with E-state index in [1.54, 1.807) is 0 Å². The predicted molar refractivity (Wildman–Crippen MR) is 94.7 cm³/mol. The van der Waals surface area contributed by atoms with E-state index in [0.717, 1.165) is 44.8 Å². The van der Waals surface area contributed by atoms with E-state index in [-0.39, 0.29) is 11.7 Å². The number of anilines is 1. The fourth-order valence-electron chi connectivity index (χ4n) is 3.82. The SMILES string of the molecule is CN1CCCCC1CCC(=O)N1CCN(c2ccc(F)cc2)CC1. The normalized spacial score (nSPS) is 22.7. The van der Waals surface area contributed by atoms with Gasteiger partial charge in [0.15, 0.2) is 0 Å². The van der Waals surface area contributed by atoms with Crippen LogP contribution in [0.1, 0.15) is 32.1 Å². The van der Waals surface area contributed by atoms with Crippen molar-refractivity contribution in [3.05, 3.63) is 30.1 Å². The van der Waals surface area contributed by atoms with Crippen molar-refractivity contribution < 1.29 is 9.18 Å². The molecule has 3 rings (SSSR count). The van der Waals surface area contributed by atoms with E-state index < -0.39 is 0 Å². The Morgan fingerprint density at radius 1 is 1.08 bits per heavy atom. The van der Waals surface area contributed by atoms with Crippen molar-refractivity contribution in [1.29, 1.82) is 0 Å². The van der Waals surface area contributed by atoms with Gasteiger partial charge in [0.05, 0.1) is 0 Å². The lowest BCUT2D eigenvalue weighted by atomic mass is 9.98. The fourth-order valence-corrected chi connectivity index (χ4v) is 3.82. The molecular weight excluding hydrogens is 305 g/mol. The van der Waals surface area contributed by atoms with Gasteiger partial charge < -0.3 is 14.7 Å². The fraction of sp³-hybridized carbons (Fsp3) is 0.632. The van der Waals surface area contributed by atoms with Crippen LogP contribution in [0.2, 0.25) is 0 Å². The smallest absolute Gasteiger partial charge is 0.222 e. The lowest BCUT2D eigenvalue weighted by Gasteiger charge is -2.37. The third-order valence-corrected chi connectivity index (χ3v) is 5.44. The summed E-state index contributed by atoms with van der Waals surface area (Å²) in [7, 11) is 2.18. The molecule has 1 amide bonds. The van der Waals surface area contributed by atoms with E-state index in [1.165, 1.54) is 31.4 Å². The number of likely N-dealkylation sites (tertiary alicyclic amines) is 1. The first-order valence-electron chi connectivity index (χ1n) is 9.12. The first kappa shape index (κ1) is 17.2. The summed E-state index contributed by atoms with van der Waals surface area (Å²) >= 11 is 0. The number of carbonyl (C=O) groups is 1. The van der Waals surface area contributed by atoms with E-state index in [2.05, 4.69) is 16.8 Å². The second-order valence-corrected chi connectivity index (χ2v) is 7.01. The minimum atomic E-state index is -0.208. The van der Waals surface area contributed by atoms with Crippen LogP contribution >= 0.6 is 0 Å². The number of halogens is 1. The van der Waals surface area contributed by atoms with Crippen molar-refractivity contribution in [2.45, 2.75) is 38.1 Å². The summed E-state index contributed by atoms with van der Waals surface area (Å²) in [6, 6.07) is 7.18. The summed E-state index contributed by atoms with van der Waals surface area (Å²) in [5.41, 5.74) is 1.03. The average molecular weight is 333 g/mol. The maximum Gasteiger partial charge on any atom is 0.222 e. The summed E-state index contributed by atoms with van der Waals surface area (Å²) in [5, 5.41) is 0. The molecular formula is C19H28FN3O. The van der Waals surface area contributed by atoms with Crippen LogP contribution in [0.15, 0.2) is 24.3 Å². The van der Waals surface area contributed by atoms with Crippen molar-refractivity contribution in [1.82, 2.24) is 9.80 Å². The molecule has 2 aliphatic heterocycles. The van der Waals surface area contributed by atoms with Crippen LogP contribution in [0, 0.1) is 5.82 Å². The molecule has 0 aliphatic carbocycles. The van der Waals surface area contributed by atoms with Crippen LogP contribution < -0.4 is 4.90 Å². The zero-order valence-electron chi connectivity index (χ0n) is 14.6. The van der Waals surface area contributed by atoms with Crippen LogP contribution in [0.25, 0.3) is 0 Å². The van der Waals surface area contributed by atoms with E-state index in [4.69, 9.17) is 0 Å². The molecule has 1 aromatic carbocycles. The maximum absolute atomic E-state index is 13.0. The topological polar surface area (TPSA) is 26.8 Å². The molecule has 0 radical (unpaired) electrons. The van der Waals surface area contributed by atoms with Gasteiger partial charge in [0.1, 0.15) is 5.82 Å². The molecule has 0 N–H and O–H groups in total. The standard InChI is InChI=1S/C19H28FN3O/c1-21-11-3-2-4-17(21)9-10-19(24)23-14-12-22(13-15-23)18-7-5-16(20)6-8-18/h5-8,17H,2-4,9-15H2,1H3. The second-order valence-electron chi connectivity index (χ2n) is 7.01. The molecule has 0 saturated carbocycles. The second kappa shape index (κ2) is 7.97. The van der Waals surface area contributed by atoms with Crippen molar-refractivity contribution >= 4 is 11.6 Å². The molecule has 0 bridgehead atoms. The number of rotatable bonds is 4.